The van der Waals surface area contributed by atoms with Gasteiger partial charge in [-0.25, -0.2) is 0 Å². The number of furan rings is 1. The predicted molar refractivity (Wildman–Crippen MR) is 95.2 cm³/mol. The Morgan fingerprint density at radius 2 is 2.08 bits per heavy atom. The van der Waals surface area contributed by atoms with Gasteiger partial charge in [0.1, 0.15) is 5.75 Å². The van der Waals surface area contributed by atoms with Crippen LogP contribution in [-0.4, -0.2) is 36.0 Å². The minimum atomic E-state index is -0.0287. The van der Waals surface area contributed by atoms with Gasteiger partial charge in [0.25, 0.3) is 11.9 Å². The van der Waals surface area contributed by atoms with Crippen LogP contribution < -0.4 is 10.1 Å². The van der Waals surface area contributed by atoms with E-state index in [4.69, 9.17) is 20.8 Å². The van der Waals surface area contributed by atoms with E-state index in [9.17, 15) is 4.79 Å². The average Bonchev–Trinajstić information content (AvgIpc) is 3.01. The minimum absolute atomic E-state index is 0.0287. The molecule has 0 aliphatic carbocycles. The molecule has 4 heterocycles. The van der Waals surface area contributed by atoms with Crippen molar-refractivity contribution in [3.63, 3.8) is 0 Å². The standard InChI is InChI=1S/C19H21ClN2O3/c1-12-10-14-8-9-22(12)11-16(14)21-19(23)13-2-4-15(5-3-13)24-18-7-6-17(20)25-18/h2-7,12,14,16H,8-11H2,1H3,(H,21,23). The van der Waals surface area contributed by atoms with Crippen molar-refractivity contribution in [2.45, 2.75) is 31.8 Å². The molecule has 6 heteroatoms. The number of carbonyl (C=O) groups is 1. The van der Waals surface area contributed by atoms with E-state index in [2.05, 4.69) is 17.1 Å². The molecule has 0 spiro atoms. The van der Waals surface area contributed by atoms with Crippen LogP contribution in [0.15, 0.2) is 40.8 Å². The maximum Gasteiger partial charge on any atom is 0.291 e. The van der Waals surface area contributed by atoms with Gasteiger partial charge in [0, 0.05) is 36.3 Å². The van der Waals surface area contributed by atoms with E-state index in [1.165, 1.54) is 12.8 Å². The Morgan fingerprint density at radius 3 is 2.68 bits per heavy atom. The Kier molecular flexibility index (Phi) is 4.44. The van der Waals surface area contributed by atoms with Crippen molar-refractivity contribution >= 4 is 17.5 Å². The van der Waals surface area contributed by atoms with Crippen molar-refractivity contribution in [2.24, 2.45) is 5.92 Å². The van der Waals surface area contributed by atoms with Crippen molar-refractivity contribution in [3.8, 4) is 11.7 Å². The SMILES string of the molecule is CC1CC2CCN1CC2NC(=O)c1ccc(Oc2ccc(Cl)o2)cc1. The van der Waals surface area contributed by atoms with E-state index in [0.717, 1.165) is 13.1 Å². The first-order chi connectivity index (χ1) is 12.1. The fourth-order valence-electron chi connectivity index (χ4n) is 3.85. The molecule has 0 saturated carbocycles. The summed E-state index contributed by atoms with van der Waals surface area (Å²) in [5, 5.41) is 3.48. The summed E-state index contributed by atoms with van der Waals surface area (Å²) in [6.07, 6.45) is 2.34. The molecule has 1 N–H and O–H groups in total. The normalized spacial score (nSPS) is 27.9. The van der Waals surface area contributed by atoms with Gasteiger partial charge in [-0.2, -0.15) is 0 Å². The van der Waals surface area contributed by atoms with Crippen molar-refractivity contribution in [2.75, 3.05) is 13.1 Å². The van der Waals surface area contributed by atoms with Gasteiger partial charge in [-0.1, -0.05) is 0 Å². The highest BCUT2D eigenvalue weighted by Gasteiger charge is 2.38. The lowest BCUT2D eigenvalue weighted by atomic mass is 9.80. The van der Waals surface area contributed by atoms with E-state index in [0.29, 0.717) is 29.2 Å². The van der Waals surface area contributed by atoms with Crippen LogP contribution in [0, 0.1) is 5.92 Å². The molecule has 3 fully saturated rings. The van der Waals surface area contributed by atoms with Crippen LogP contribution >= 0.6 is 11.6 Å². The van der Waals surface area contributed by atoms with Gasteiger partial charge in [-0.05, 0) is 68.1 Å². The highest BCUT2D eigenvalue weighted by atomic mass is 35.5. The second-order valence-electron chi connectivity index (χ2n) is 6.89. The first kappa shape index (κ1) is 16.5. The number of carbonyl (C=O) groups excluding carboxylic acids is 1. The third kappa shape index (κ3) is 3.53. The first-order valence-electron chi connectivity index (χ1n) is 8.66. The van der Waals surface area contributed by atoms with Gasteiger partial charge in [0.15, 0.2) is 5.22 Å². The molecule has 4 unspecified atom stereocenters. The number of nitrogens with zero attached hydrogens (tertiary/aromatic N) is 1. The molecule has 132 valence electrons. The summed E-state index contributed by atoms with van der Waals surface area (Å²) in [6.45, 7) is 4.38. The topological polar surface area (TPSA) is 54.7 Å². The number of benzene rings is 1. The molecule has 25 heavy (non-hydrogen) atoms. The Morgan fingerprint density at radius 1 is 1.28 bits per heavy atom. The minimum Gasteiger partial charge on any atom is -0.426 e. The molecule has 0 radical (unpaired) electrons. The summed E-state index contributed by atoms with van der Waals surface area (Å²) >= 11 is 5.72. The van der Waals surface area contributed by atoms with E-state index in [-0.39, 0.29) is 17.2 Å². The predicted octanol–water partition coefficient (Wildman–Crippen LogP) is 3.94. The number of ether oxygens (including phenoxy) is 1. The lowest BCUT2D eigenvalue weighted by Crippen LogP contribution is -2.60. The molecule has 4 atom stereocenters. The maximum absolute atomic E-state index is 12.5. The third-order valence-corrected chi connectivity index (χ3v) is 5.46. The lowest BCUT2D eigenvalue weighted by molar-refractivity contribution is 0.0274. The summed E-state index contributed by atoms with van der Waals surface area (Å²) in [6, 6.07) is 11.2. The molecule has 1 amide bonds. The van der Waals surface area contributed by atoms with Crippen LogP contribution in [0.4, 0.5) is 0 Å². The first-order valence-corrected chi connectivity index (χ1v) is 9.04. The molecular formula is C19H21ClN2O3. The number of piperidine rings is 3. The summed E-state index contributed by atoms with van der Waals surface area (Å²) in [5.74, 6) is 1.48. The molecule has 3 aliphatic rings. The van der Waals surface area contributed by atoms with Gasteiger partial charge in [-0.3, -0.25) is 9.69 Å². The Labute approximate surface area is 151 Å². The number of fused-ring (bicyclic) bond motifs is 3. The van der Waals surface area contributed by atoms with Gasteiger partial charge < -0.3 is 14.5 Å². The second-order valence-corrected chi connectivity index (χ2v) is 7.27. The number of hydrogen-bond acceptors (Lipinski definition) is 4. The van der Waals surface area contributed by atoms with Crippen LogP contribution in [-0.2, 0) is 0 Å². The highest BCUT2D eigenvalue weighted by molar-refractivity contribution is 6.28. The van der Waals surface area contributed by atoms with Crippen LogP contribution in [0.5, 0.6) is 11.7 Å². The molecule has 3 aliphatic heterocycles. The molecule has 2 aromatic rings. The zero-order valence-corrected chi connectivity index (χ0v) is 14.8. The monoisotopic (exact) mass is 360 g/mol. The highest BCUT2D eigenvalue weighted by Crippen LogP contribution is 2.32. The van der Waals surface area contributed by atoms with Gasteiger partial charge in [0.2, 0.25) is 0 Å². The number of halogens is 1. The summed E-state index contributed by atoms with van der Waals surface area (Å²) in [5.41, 5.74) is 0.634. The third-order valence-electron chi connectivity index (χ3n) is 5.25. The fraction of sp³-hybridized carbons (Fsp3) is 0.421. The fourth-order valence-corrected chi connectivity index (χ4v) is 3.99. The molecule has 5 rings (SSSR count). The van der Waals surface area contributed by atoms with Gasteiger partial charge in [0.05, 0.1) is 0 Å². The summed E-state index contributed by atoms with van der Waals surface area (Å²) < 4.78 is 10.7. The molecule has 3 saturated heterocycles. The van der Waals surface area contributed by atoms with Crippen LogP contribution in [0.1, 0.15) is 30.1 Å². The van der Waals surface area contributed by atoms with Crippen LogP contribution in [0.2, 0.25) is 5.22 Å². The number of rotatable bonds is 4. The lowest BCUT2D eigenvalue weighted by Gasteiger charge is -2.48. The van der Waals surface area contributed by atoms with E-state index >= 15 is 0 Å². The molecule has 1 aromatic carbocycles. The van der Waals surface area contributed by atoms with Gasteiger partial charge in [-0.15, -0.1) is 0 Å². The summed E-state index contributed by atoms with van der Waals surface area (Å²) in [4.78, 5) is 15.0. The number of nitrogens with one attached hydrogen (secondary N) is 1. The van der Waals surface area contributed by atoms with E-state index in [1.54, 1.807) is 36.4 Å². The Hall–Kier alpha value is -1.98. The number of amides is 1. The van der Waals surface area contributed by atoms with E-state index < -0.39 is 0 Å². The van der Waals surface area contributed by atoms with Crippen molar-refractivity contribution < 1.29 is 13.9 Å². The van der Waals surface area contributed by atoms with Crippen LogP contribution in [0.3, 0.4) is 0 Å². The Bertz CT molecular complexity index is 758. The smallest absolute Gasteiger partial charge is 0.291 e. The van der Waals surface area contributed by atoms with Crippen molar-refractivity contribution in [1.82, 2.24) is 10.2 Å². The van der Waals surface area contributed by atoms with Gasteiger partial charge >= 0.3 is 0 Å². The zero-order chi connectivity index (χ0) is 17.4. The van der Waals surface area contributed by atoms with Crippen molar-refractivity contribution in [1.29, 1.82) is 0 Å². The van der Waals surface area contributed by atoms with Crippen molar-refractivity contribution in [3.05, 3.63) is 47.2 Å². The molecular weight excluding hydrogens is 340 g/mol. The van der Waals surface area contributed by atoms with E-state index in [1.807, 2.05) is 0 Å². The quantitative estimate of drug-likeness (QED) is 0.897. The molecule has 5 nitrogen and oxygen atoms in total. The zero-order valence-electron chi connectivity index (χ0n) is 14.1. The number of hydrogen-bond donors (Lipinski definition) is 1. The average molecular weight is 361 g/mol. The molecule has 2 bridgehead atoms. The maximum atomic E-state index is 12.5. The Balaban J connectivity index is 1.37. The second kappa shape index (κ2) is 6.73. The van der Waals surface area contributed by atoms with Crippen LogP contribution in [0.25, 0.3) is 0 Å². The largest absolute Gasteiger partial charge is 0.426 e. The summed E-state index contributed by atoms with van der Waals surface area (Å²) in [7, 11) is 0. The molecule has 1 aromatic heterocycles.